The Morgan fingerprint density at radius 3 is 2.00 bits per heavy atom. The smallest absolute Gasteiger partial charge is 0.261 e. The zero-order valence-corrected chi connectivity index (χ0v) is 16.0. The van der Waals surface area contributed by atoms with Gasteiger partial charge in [-0.3, -0.25) is 14.3 Å². The molecular formula is C20H15F2N3O4S. The standard InChI is InChI=1S/C20H15F2N3O4S/c21-14-5-1-13(2-6-14)20(27)24-18-10-9-16(11-17(18)22)30(28,29)25-15-7-3-12(4-8-15)19(23)26/h1-11,25H,(H2,23,26)(H,24,27). The SMILES string of the molecule is NC(=O)c1ccc(NS(=O)(=O)c2ccc(NC(=O)c3ccc(F)cc3)c(F)c2)cc1. The predicted octanol–water partition coefficient (Wildman–Crippen LogP) is 3.12. The van der Waals surface area contributed by atoms with Crippen LogP contribution in [0.1, 0.15) is 20.7 Å². The number of primary amides is 1. The Morgan fingerprint density at radius 1 is 0.833 bits per heavy atom. The highest BCUT2D eigenvalue weighted by atomic mass is 32.2. The fourth-order valence-electron chi connectivity index (χ4n) is 2.48. The second-order valence-corrected chi connectivity index (χ2v) is 7.83. The molecule has 0 fully saturated rings. The third-order valence-electron chi connectivity index (χ3n) is 4.03. The van der Waals surface area contributed by atoms with Gasteiger partial charge in [0.1, 0.15) is 11.6 Å². The lowest BCUT2D eigenvalue weighted by atomic mass is 10.2. The van der Waals surface area contributed by atoms with Crippen LogP contribution in [0.2, 0.25) is 0 Å². The molecule has 0 aliphatic rings. The molecule has 3 rings (SSSR count). The first kappa shape index (κ1) is 20.9. The maximum atomic E-state index is 14.4. The summed E-state index contributed by atoms with van der Waals surface area (Å²) in [5.74, 6) is -2.84. The predicted molar refractivity (Wildman–Crippen MR) is 107 cm³/mol. The van der Waals surface area contributed by atoms with Crippen molar-refractivity contribution in [3.05, 3.63) is 89.5 Å². The zero-order chi connectivity index (χ0) is 21.9. The van der Waals surface area contributed by atoms with E-state index in [0.717, 1.165) is 30.3 Å². The Morgan fingerprint density at radius 2 is 1.43 bits per heavy atom. The molecular weight excluding hydrogens is 416 g/mol. The molecule has 0 spiro atoms. The molecule has 3 aromatic rings. The van der Waals surface area contributed by atoms with E-state index in [-0.39, 0.29) is 27.4 Å². The summed E-state index contributed by atoms with van der Waals surface area (Å²) in [6, 6.07) is 13.0. The quantitative estimate of drug-likeness (QED) is 0.556. The lowest BCUT2D eigenvalue weighted by Crippen LogP contribution is -2.16. The van der Waals surface area contributed by atoms with E-state index in [1.807, 2.05) is 0 Å². The number of nitrogens with two attached hydrogens (primary N) is 1. The number of hydrogen-bond donors (Lipinski definition) is 3. The molecule has 0 aromatic heterocycles. The average molecular weight is 431 g/mol. The van der Waals surface area contributed by atoms with Crippen LogP contribution in [0, 0.1) is 11.6 Å². The van der Waals surface area contributed by atoms with Gasteiger partial charge in [0.25, 0.3) is 15.9 Å². The number of rotatable bonds is 6. The minimum absolute atomic E-state index is 0.105. The molecule has 0 bridgehead atoms. The monoisotopic (exact) mass is 431 g/mol. The maximum Gasteiger partial charge on any atom is 0.261 e. The Labute approximate surface area is 170 Å². The number of amides is 2. The van der Waals surface area contributed by atoms with Crippen molar-refractivity contribution in [1.29, 1.82) is 0 Å². The Kier molecular flexibility index (Phi) is 5.79. The number of halogens is 2. The zero-order valence-electron chi connectivity index (χ0n) is 15.2. The van der Waals surface area contributed by atoms with Crippen molar-refractivity contribution in [3.63, 3.8) is 0 Å². The van der Waals surface area contributed by atoms with Crippen molar-refractivity contribution in [2.45, 2.75) is 4.90 Å². The van der Waals surface area contributed by atoms with Crippen LogP contribution in [-0.2, 0) is 10.0 Å². The summed E-state index contributed by atoms with van der Waals surface area (Å²) in [6.45, 7) is 0. The fourth-order valence-corrected chi connectivity index (χ4v) is 3.55. The highest BCUT2D eigenvalue weighted by Gasteiger charge is 2.18. The first-order valence-corrected chi connectivity index (χ1v) is 9.93. The topological polar surface area (TPSA) is 118 Å². The summed E-state index contributed by atoms with van der Waals surface area (Å²) in [5, 5.41) is 2.30. The fraction of sp³-hybridized carbons (Fsp3) is 0. The van der Waals surface area contributed by atoms with Crippen molar-refractivity contribution in [1.82, 2.24) is 0 Å². The van der Waals surface area contributed by atoms with Gasteiger partial charge >= 0.3 is 0 Å². The number of carbonyl (C=O) groups excluding carboxylic acids is 2. The van der Waals surface area contributed by atoms with E-state index in [9.17, 15) is 26.8 Å². The van der Waals surface area contributed by atoms with E-state index in [4.69, 9.17) is 5.73 Å². The first-order valence-electron chi connectivity index (χ1n) is 8.45. The van der Waals surface area contributed by atoms with Gasteiger partial charge in [-0.05, 0) is 66.7 Å². The molecule has 0 saturated carbocycles. The van der Waals surface area contributed by atoms with Crippen LogP contribution in [0.25, 0.3) is 0 Å². The minimum Gasteiger partial charge on any atom is -0.366 e. The normalized spacial score (nSPS) is 11.0. The molecule has 7 nitrogen and oxygen atoms in total. The van der Waals surface area contributed by atoms with Gasteiger partial charge in [-0.15, -0.1) is 0 Å². The Hall–Kier alpha value is -3.79. The third-order valence-corrected chi connectivity index (χ3v) is 5.41. The molecule has 10 heteroatoms. The molecule has 30 heavy (non-hydrogen) atoms. The van der Waals surface area contributed by atoms with Crippen LogP contribution in [0.15, 0.2) is 71.6 Å². The van der Waals surface area contributed by atoms with Crippen molar-refractivity contribution in [2.24, 2.45) is 5.73 Å². The van der Waals surface area contributed by atoms with Crippen molar-refractivity contribution in [3.8, 4) is 0 Å². The lowest BCUT2D eigenvalue weighted by Gasteiger charge is -2.11. The summed E-state index contributed by atoms with van der Waals surface area (Å²) in [5.41, 5.74) is 5.34. The number of nitrogens with one attached hydrogen (secondary N) is 2. The van der Waals surface area contributed by atoms with Crippen LogP contribution in [-0.4, -0.2) is 20.2 Å². The Bertz CT molecular complexity index is 1210. The van der Waals surface area contributed by atoms with Gasteiger partial charge < -0.3 is 11.1 Å². The average Bonchev–Trinajstić information content (AvgIpc) is 2.70. The third kappa shape index (κ3) is 4.78. The highest BCUT2D eigenvalue weighted by molar-refractivity contribution is 7.92. The molecule has 0 unspecified atom stereocenters. The molecule has 2 amide bonds. The first-order chi connectivity index (χ1) is 14.2. The molecule has 0 radical (unpaired) electrons. The van der Waals surface area contributed by atoms with Gasteiger partial charge in [0.2, 0.25) is 5.91 Å². The Balaban J connectivity index is 1.77. The molecule has 0 saturated heterocycles. The van der Waals surface area contributed by atoms with Gasteiger partial charge in [0, 0.05) is 16.8 Å². The van der Waals surface area contributed by atoms with Crippen molar-refractivity contribution in [2.75, 3.05) is 10.0 Å². The number of anilines is 2. The van der Waals surface area contributed by atoms with E-state index >= 15 is 0 Å². The number of carbonyl (C=O) groups is 2. The molecule has 0 heterocycles. The number of benzene rings is 3. The van der Waals surface area contributed by atoms with Crippen LogP contribution in [0.3, 0.4) is 0 Å². The second-order valence-electron chi connectivity index (χ2n) is 6.15. The van der Waals surface area contributed by atoms with E-state index in [1.165, 1.54) is 36.4 Å². The summed E-state index contributed by atoms with van der Waals surface area (Å²) in [6.07, 6.45) is 0. The lowest BCUT2D eigenvalue weighted by molar-refractivity contribution is 0.0997. The number of hydrogen-bond acceptors (Lipinski definition) is 4. The van der Waals surface area contributed by atoms with Crippen LogP contribution < -0.4 is 15.8 Å². The van der Waals surface area contributed by atoms with Crippen LogP contribution in [0.5, 0.6) is 0 Å². The van der Waals surface area contributed by atoms with Crippen LogP contribution in [0.4, 0.5) is 20.2 Å². The molecule has 4 N–H and O–H groups in total. The van der Waals surface area contributed by atoms with Crippen molar-refractivity contribution >= 4 is 33.2 Å². The van der Waals surface area contributed by atoms with E-state index in [0.29, 0.717) is 0 Å². The summed E-state index contributed by atoms with van der Waals surface area (Å²) < 4.78 is 54.5. The highest BCUT2D eigenvalue weighted by Crippen LogP contribution is 2.22. The summed E-state index contributed by atoms with van der Waals surface area (Å²) >= 11 is 0. The largest absolute Gasteiger partial charge is 0.366 e. The molecule has 154 valence electrons. The molecule has 3 aromatic carbocycles. The maximum absolute atomic E-state index is 14.4. The van der Waals surface area contributed by atoms with E-state index in [1.54, 1.807) is 0 Å². The van der Waals surface area contributed by atoms with Gasteiger partial charge in [0.05, 0.1) is 10.6 Å². The second kappa shape index (κ2) is 8.29. The molecule has 0 aliphatic carbocycles. The van der Waals surface area contributed by atoms with Crippen LogP contribution >= 0.6 is 0 Å². The van der Waals surface area contributed by atoms with Gasteiger partial charge in [-0.25, -0.2) is 17.2 Å². The van der Waals surface area contributed by atoms with Gasteiger partial charge in [-0.2, -0.15) is 0 Å². The number of sulfonamides is 1. The van der Waals surface area contributed by atoms with Gasteiger partial charge in [-0.1, -0.05) is 0 Å². The minimum atomic E-state index is -4.13. The summed E-state index contributed by atoms with van der Waals surface area (Å²) in [4.78, 5) is 22.8. The molecule has 0 aliphatic heterocycles. The van der Waals surface area contributed by atoms with Crippen molar-refractivity contribution < 1.29 is 26.8 Å². The summed E-state index contributed by atoms with van der Waals surface area (Å²) in [7, 11) is -4.13. The van der Waals surface area contributed by atoms with Gasteiger partial charge in [0.15, 0.2) is 0 Å². The van der Waals surface area contributed by atoms with E-state index in [2.05, 4.69) is 10.0 Å². The van der Waals surface area contributed by atoms with E-state index < -0.39 is 33.5 Å². The molecule has 0 atom stereocenters.